The Labute approximate surface area is 141 Å². The fourth-order valence-electron chi connectivity index (χ4n) is 1.92. The van der Waals surface area contributed by atoms with Gasteiger partial charge in [-0.1, -0.05) is 6.07 Å². The molecule has 3 aromatic rings. The number of carbonyl (C=O) groups excluding carboxylic acids is 2. The predicted molar refractivity (Wildman–Crippen MR) is 92.8 cm³/mol. The van der Waals surface area contributed by atoms with Crippen molar-refractivity contribution in [3.8, 4) is 10.6 Å². The van der Waals surface area contributed by atoms with E-state index in [1.807, 2.05) is 35.0 Å². The van der Waals surface area contributed by atoms with Crippen LogP contribution in [0.25, 0.3) is 10.6 Å². The number of benzene rings is 1. The number of nitrogens with one attached hydrogen (secondary N) is 2. The van der Waals surface area contributed by atoms with Crippen molar-refractivity contribution < 1.29 is 9.59 Å². The number of aromatic nitrogens is 1. The quantitative estimate of drug-likeness (QED) is 0.747. The van der Waals surface area contributed by atoms with Gasteiger partial charge in [-0.2, -0.15) is 0 Å². The highest BCUT2D eigenvalue weighted by Gasteiger charge is 2.09. The standard InChI is InChI=1S/C16H13N3O2S2/c20-14(10-18-15(21)13-2-1-8-22-13)19-12-5-3-11(4-6-12)16-17-7-9-23-16/h1-9H,10H2,(H,18,21)(H,19,20). The summed E-state index contributed by atoms with van der Waals surface area (Å²) in [6, 6.07) is 10.9. The Morgan fingerprint density at radius 2 is 1.87 bits per heavy atom. The predicted octanol–water partition coefficient (Wildman–Crippen LogP) is 3.24. The van der Waals surface area contributed by atoms with Gasteiger partial charge in [-0.25, -0.2) is 4.98 Å². The summed E-state index contributed by atoms with van der Waals surface area (Å²) in [4.78, 5) is 28.4. The zero-order valence-corrected chi connectivity index (χ0v) is 13.6. The SMILES string of the molecule is O=C(CNC(=O)c1cccs1)Nc1ccc(-c2nccs2)cc1. The number of nitrogens with zero attached hydrogens (tertiary/aromatic N) is 1. The first-order valence-electron chi connectivity index (χ1n) is 6.84. The molecule has 2 amide bonds. The van der Waals surface area contributed by atoms with Gasteiger partial charge < -0.3 is 10.6 Å². The Morgan fingerprint density at radius 1 is 1.04 bits per heavy atom. The number of amides is 2. The molecular weight excluding hydrogens is 330 g/mol. The molecule has 7 heteroatoms. The molecule has 2 heterocycles. The smallest absolute Gasteiger partial charge is 0.261 e. The fraction of sp³-hybridized carbons (Fsp3) is 0.0625. The van der Waals surface area contributed by atoms with Crippen LogP contribution >= 0.6 is 22.7 Å². The molecule has 2 N–H and O–H groups in total. The van der Waals surface area contributed by atoms with Crippen LogP contribution in [0, 0.1) is 0 Å². The van der Waals surface area contributed by atoms with Gasteiger partial charge >= 0.3 is 0 Å². The topological polar surface area (TPSA) is 71.1 Å². The number of hydrogen-bond donors (Lipinski definition) is 2. The van der Waals surface area contributed by atoms with E-state index in [4.69, 9.17) is 0 Å². The van der Waals surface area contributed by atoms with Crippen LogP contribution in [-0.4, -0.2) is 23.3 Å². The van der Waals surface area contributed by atoms with Gasteiger partial charge in [-0.15, -0.1) is 22.7 Å². The third kappa shape index (κ3) is 4.02. The molecule has 0 bridgehead atoms. The maximum absolute atomic E-state index is 11.9. The van der Waals surface area contributed by atoms with Crippen LogP contribution in [-0.2, 0) is 4.79 Å². The molecule has 1 aromatic carbocycles. The lowest BCUT2D eigenvalue weighted by Gasteiger charge is -2.07. The Bertz CT molecular complexity index is 781. The highest BCUT2D eigenvalue weighted by Crippen LogP contribution is 2.23. The van der Waals surface area contributed by atoms with Gasteiger partial charge in [0.05, 0.1) is 11.4 Å². The van der Waals surface area contributed by atoms with Gasteiger partial charge in [0.25, 0.3) is 5.91 Å². The van der Waals surface area contributed by atoms with Crippen LogP contribution in [0.3, 0.4) is 0 Å². The molecule has 0 atom stereocenters. The Morgan fingerprint density at radius 3 is 2.52 bits per heavy atom. The van der Waals surface area contributed by atoms with Crippen molar-refractivity contribution in [2.75, 3.05) is 11.9 Å². The molecular formula is C16H13N3O2S2. The monoisotopic (exact) mass is 343 g/mol. The molecule has 23 heavy (non-hydrogen) atoms. The third-order valence-electron chi connectivity index (χ3n) is 3.00. The number of carbonyl (C=O) groups is 2. The van der Waals surface area contributed by atoms with E-state index in [-0.39, 0.29) is 18.4 Å². The van der Waals surface area contributed by atoms with E-state index in [2.05, 4.69) is 15.6 Å². The van der Waals surface area contributed by atoms with Crippen molar-refractivity contribution >= 4 is 40.2 Å². The van der Waals surface area contributed by atoms with Crippen LogP contribution in [0.5, 0.6) is 0 Å². The lowest BCUT2D eigenvalue weighted by atomic mass is 10.2. The second-order valence-electron chi connectivity index (χ2n) is 4.62. The number of rotatable bonds is 5. The molecule has 3 rings (SSSR count). The first-order chi connectivity index (χ1) is 11.2. The average molecular weight is 343 g/mol. The molecule has 0 saturated heterocycles. The number of anilines is 1. The van der Waals surface area contributed by atoms with Crippen LogP contribution in [0.2, 0.25) is 0 Å². The molecule has 0 unspecified atom stereocenters. The fourth-order valence-corrected chi connectivity index (χ4v) is 3.21. The second-order valence-corrected chi connectivity index (χ2v) is 6.47. The van der Waals surface area contributed by atoms with Crippen molar-refractivity contribution in [3.63, 3.8) is 0 Å². The summed E-state index contributed by atoms with van der Waals surface area (Å²) in [6.07, 6.45) is 1.76. The van der Waals surface area contributed by atoms with Crippen molar-refractivity contribution in [1.82, 2.24) is 10.3 Å². The number of thiazole rings is 1. The van der Waals surface area contributed by atoms with Crippen LogP contribution < -0.4 is 10.6 Å². The zero-order chi connectivity index (χ0) is 16.1. The minimum Gasteiger partial charge on any atom is -0.342 e. The van der Waals surface area contributed by atoms with E-state index < -0.39 is 0 Å². The summed E-state index contributed by atoms with van der Waals surface area (Å²) in [5.74, 6) is -0.508. The molecule has 2 aromatic heterocycles. The maximum Gasteiger partial charge on any atom is 0.261 e. The molecule has 0 aliphatic heterocycles. The highest BCUT2D eigenvalue weighted by atomic mass is 32.1. The van der Waals surface area contributed by atoms with Crippen molar-refractivity contribution in [2.45, 2.75) is 0 Å². The van der Waals surface area contributed by atoms with Gasteiger partial charge in [0.1, 0.15) is 5.01 Å². The summed E-state index contributed by atoms with van der Waals surface area (Å²) in [7, 11) is 0. The Balaban J connectivity index is 1.53. The second kappa shape index (κ2) is 7.17. The first-order valence-corrected chi connectivity index (χ1v) is 8.60. The summed E-state index contributed by atoms with van der Waals surface area (Å²) in [5, 5.41) is 10.0. The van der Waals surface area contributed by atoms with Crippen LogP contribution in [0.4, 0.5) is 5.69 Å². The van der Waals surface area contributed by atoms with Crippen molar-refractivity contribution in [2.24, 2.45) is 0 Å². The first kappa shape index (κ1) is 15.4. The van der Waals surface area contributed by atoms with Crippen molar-refractivity contribution in [3.05, 3.63) is 58.2 Å². The normalized spacial score (nSPS) is 10.3. The number of hydrogen-bond acceptors (Lipinski definition) is 5. The molecule has 0 saturated carbocycles. The summed E-state index contributed by atoms with van der Waals surface area (Å²) >= 11 is 2.90. The summed E-state index contributed by atoms with van der Waals surface area (Å²) < 4.78 is 0. The van der Waals surface area contributed by atoms with E-state index in [9.17, 15) is 9.59 Å². The minimum absolute atomic E-state index is 0.0645. The maximum atomic E-state index is 11.9. The molecule has 0 fully saturated rings. The molecule has 0 aliphatic carbocycles. The molecule has 116 valence electrons. The number of thiophene rings is 1. The van der Waals surface area contributed by atoms with E-state index in [0.29, 0.717) is 10.6 Å². The van der Waals surface area contributed by atoms with Crippen LogP contribution in [0.15, 0.2) is 53.4 Å². The molecule has 0 spiro atoms. The largest absolute Gasteiger partial charge is 0.342 e. The summed E-state index contributed by atoms with van der Waals surface area (Å²) in [5.41, 5.74) is 1.68. The third-order valence-corrected chi connectivity index (χ3v) is 4.69. The average Bonchev–Trinajstić information content (AvgIpc) is 3.26. The molecule has 5 nitrogen and oxygen atoms in total. The highest BCUT2D eigenvalue weighted by molar-refractivity contribution is 7.13. The van der Waals surface area contributed by atoms with Gasteiger partial charge in [0.2, 0.25) is 5.91 Å². The zero-order valence-electron chi connectivity index (χ0n) is 12.0. The minimum atomic E-state index is -0.267. The van der Waals surface area contributed by atoms with E-state index in [1.54, 1.807) is 29.7 Å². The summed E-state index contributed by atoms with van der Waals surface area (Å²) in [6.45, 7) is -0.0645. The Hall–Kier alpha value is -2.51. The van der Waals surface area contributed by atoms with Gasteiger partial charge in [-0.05, 0) is 35.7 Å². The van der Waals surface area contributed by atoms with Crippen molar-refractivity contribution in [1.29, 1.82) is 0 Å². The van der Waals surface area contributed by atoms with Gasteiger partial charge in [0.15, 0.2) is 0 Å². The molecule has 0 radical (unpaired) electrons. The van der Waals surface area contributed by atoms with Gasteiger partial charge in [0, 0.05) is 22.8 Å². The van der Waals surface area contributed by atoms with E-state index >= 15 is 0 Å². The Kier molecular flexibility index (Phi) is 4.80. The van der Waals surface area contributed by atoms with E-state index in [1.165, 1.54) is 11.3 Å². The van der Waals surface area contributed by atoms with E-state index in [0.717, 1.165) is 10.6 Å². The molecule has 0 aliphatic rings. The lowest BCUT2D eigenvalue weighted by Crippen LogP contribution is -2.32. The van der Waals surface area contributed by atoms with Gasteiger partial charge in [-0.3, -0.25) is 9.59 Å². The van der Waals surface area contributed by atoms with Crippen LogP contribution in [0.1, 0.15) is 9.67 Å². The lowest BCUT2D eigenvalue weighted by molar-refractivity contribution is -0.115.